The van der Waals surface area contributed by atoms with Crippen LogP contribution >= 0.6 is 0 Å². The molecule has 3 nitrogen and oxygen atoms in total. The van der Waals surface area contributed by atoms with E-state index in [0.29, 0.717) is 17.0 Å². The van der Waals surface area contributed by atoms with E-state index >= 15 is 0 Å². The van der Waals surface area contributed by atoms with E-state index in [1.54, 1.807) is 24.3 Å². The molecule has 0 saturated heterocycles. The molecule has 1 heterocycles. The lowest BCUT2D eigenvalue weighted by Crippen LogP contribution is -2.06. The number of aromatic nitrogens is 1. The number of halogens is 1. The fourth-order valence-electron chi connectivity index (χ4n) is 2.08. The van der Waals surface area contributed by atoms with Crippen molar-refractivity contribution in [3.8, 4) is 0 Å². The van der Waals surface area contributed by atoms with Gasteiger partial charge in [0.2, 0.25) is 5.89 Å². The number of hydrogen-bond donors (Lipinski definition) is 0. The van der Waals surface area contributed by atoms with Crippen molar-refractivity contribution in [2.75, 3.05) is 0 Å². The summed E-state index contributed by atoms with van der Waals surface area (Å²) >= 11 is 0. The highest BCUT2D eigenvalue weighted by Gasteiger charge is 2.16. The van der Waals surface area contributed by atoms with E-state index in [4.69, 9.17) is 4.42 Å². The maximum Gasteiger partial charge on any atom is 0.203 e. The summed E-state index contributed by atoms with van der Waals surface area (Å²) in [6.07, 6.45) is -0.0466. The van der Waals surface area contributed by atoms with Crippen LogP contribution in [-0.4, -0.2) is 10.8 Å². The first kappa shape index (κ1) is 12.5. The Bertz CT molecular complexity index is 759. The maximum atomic E-state index is 13.7. The van der Waals surface area contributed by atoms with E-state index in [1.807, 2.05) is 19.1 Å². The van der Waals surface area contributed by atoms with E-state index in [2.05, 4.69) is 4.98 Å². The van der Waals surface area contributed by atoms with Crippen LogP contribution in [0.4, 0.5) is 4.39 Å². The molecule has 100 valence electrons. The van der Waals surface area contributed by atoms with Gasteiger partial charge in [-0.3, -0.25) is 4.79 Å². The highest BCUT2D eigenvalue weighted by molar-refractivity contribution is 5.97. The molecule has 0 unspecified atom stereocenters. The normalized spacial score (nSPS) is 10.9. The van der Waals surface area contributed by atoms with Gasteiger partial charge in [-0.25, -0.2) is 9.37 Å². The van der Waals surface area contributed by atoms with Crippen LogP contribution in [-0.2, 0) is 6.42 Å². The second kappa shape index (κ2) is 4.89. The molecule has 0 radical (unpaired) electrons. The minimum Gasteiger partial charge on any atom is -0.440 e. The van der Waals surface area contributed by atoms with Gasteiger partial charge >= 0.3 is 0 Å². The fraction of sp³-hybridized carbons (Fsp3) is 0.125. The Kier molecular flexibility index (Phi) is 3.06. The third-order valence-electron chi connectivity index (χ3n) is 3.07. The number of rotatable bonds is 3. The van der Waals surface area contributed by atoms with Crippen molar-refractivity contribution in [1.82, 2.24) is 4.98 Å². The van der Waals surface area contributed by atoms with E-state index < -0.39 is 5.82 Å². The summed E-state index contributed by atoms with van der Waals surface area (Å²) in [7, 11) is 0. The third-order valence-corrected chi connectivity index (χ3v) is 3.07. The highest BCUT2D eigenvalue weighted by Crippen LogP contribution is 2.17. The van der Waals surface area contributed by atoms with Gasteiger partial charge in [0.25, 0.3) is 0 Å². The van der Waals surface area contributed by atoms with Gasteiger partial charge < -0.3 is 4.42 Å². The van der Waals surface area contributed by atoms with Crippen molar-refractivity contribution < 1.29 is 13.6 Å². The van der Waals surface area contributed by atoms with Crippen LogP contribution in [0.3, 0.4) is 0 Å². The van der Waals surface area contributed by atoms with Crippen LogP contribution in [0.2, 0.25) is 0 Å². The summed E-state index contributed by atoms with van der Waals surface area (Å²) in [6, 6.07) is 11.7. The summed E-state index contributed by atoms with van der Waals surface area (Å²) in [5.74, 6) is -0.549. The van der Waals surface area contributed by atoms with Crippen LogP contribution in [0, 0.1) is 12.7 Å². The van der Waals surface area contributed by atoms with Crippen LogP contribution in [0.1, 0.15) is 21.8 Å². The molecule has 0 aliphatic rings. The number of benzene rings is 2. The van der Waals surface area contributed by atoms with Crippen molar-refractivity contribution in [1.29, 1.82) is 0 Å². The standard InChI is InChI=1S/C16H12FNO2/c1-10-6-7-12(17)11(8-10)14(19)9-16-18-13-4-2-3-5-15(13)20-16/h2-8H,9H2,1H3. The Morgan fingerprint density at radius 3 is 2.85 bits per heavy atom. The lowest BCUT2D eigenvalue weighted by molar-refractivity contribution is 0.0982. The molecule has 0 aliphatic heterocycles. The zero-order chi connectivity index (χ0) is 14.1. The van der Waals surface area contributed by atoms with Crippen molar-refractivity contribution in [3.63, 3.8) is 0 Å². The van der Waals surface area contributed by atoms with Crippen LogP contribution in [0.15, 0.2) is 46.9 Å². The average molecular weight is 269 g/mol. The van der Waals surface area contributed by atoms with Crippen molar-refractivity contribution in [2.24, 2.45) is 0 Å². The second-order valence-electron chi connectivity index (χ2n) is 4.66. The molecule has 0 amide bonds. The molecule has 3 rings (SSSR count). The summed E-state index contributed by atoms with van der Waals surface area (Å²) < 4.78 is 19.1. The van der Waals surface area contributed by atoms with E-state index in [0.717, 1.165) is 5.56 Å². The number of fused-ring (bicyclic) bond motifs is 1. The van der Waals surface area contributed by atoms with Gasteiger partial charge in [-0.05, 0) is 31.2 Å². The Morgan fingerprint density at radius 2 is 2.05 bits per heavy atom. The van der Waals surface area contributed by atoms with Gasteiger partial charge in [0.15, 0.2) is 11.4 Å². The molecule has 1 aromatic heterocycles. The third kappa shape index (κ3) is 2.32. The number of carbonyl (C=O) groups is 1. The number of carbonyl (C=O) groups excluding carboxylic acids is 1. The minimum absolute atomic E-state index is 0.0466. The van der Waals surface area contributed by atoms with E-state index in [-0.39, 0.29) is 17.8 Å². The largest absolute Gasteiger partial charge is 0.440 e. The fourth-order valence-corrected chi connectivity index (χ4v) is 2.08. The zero-order valence-electron chi connectivity index (χ0n) is 10.9. The first-order valence-corrected chi connectivity index (χ1v) is 6.27. The number of hydrogen-bond acceptors (Lipinski definition) is 3. The first-order chi connectivity index (χ1) is 9.63. The van der Waals surface area contributed by atoms with Gasteiger partial charge in [-0.15, -0.1) is 0 Å². The lowest BCUT2D eigenvalue weighted by Gasteiger charge is -2.01. The number of para-hydroxylation sites is 2. The predicted octanol–water partition coefficient (Wildman–Crippen LogP) is 3.70. The van der Waals surface area contributed by atoms with Crippen LogP contribution in [0.25, 0.3) is 11.1 Å². The molecule has 3 aromatic rings. The summed E-state index contributed by atoms with van der Waals surface area (Å²) in [5.41, 5.74) is 2.24. The lowest BCUT2D eigenvalue weighted by atomic mass is 10.1. The van der Waals surface area contributed by atoms with Gasteiger partial charge in [-0.2, -0.15) is 0 Å². The molecule has 0 atom stereocenters. The minimum atomic E-state index is -0.517. The predicted molar refractivity (Wildman–Crippen MR) is 73.2 cm³/mol. The Hall–Kier alpha value is -2.49. The molecule has 20 heavy (non-hydrogen) atoms. The van der Waals surface area contributed by atoms with Crippen LogP contribution in [0.5, 0.6) is 0 Å². The van der Waals surface area contributed by atoms with Crippen molar-refractivity contribution in [2.45, 2.75) is 13.3 Å². The molecule has 0 fully saturated rings. The molecule has 0 aliphatic carbocycles. The quantitative estimate of drug-likeness (QED) is 0.681. The van der Waals surface area contributed by atoms with Gasteiger partial charge in [0.05, 0.1) is 12.0 Å². The number of oxazole rings is 1. The topological polar surface area (TPSA) is 43.1 Å². The molecule has 0 N–H and O–H groups in total. The molecule has 0 spiro atoms. The highest BCUT2D eigenvalue weighted by atomic mass is 19.1. The summed E-state index contributed by atoms with van der Waals surface area (Å²) in [5, 5.41) is 0. The Morgan fingerprint density at radius 1 is 1.25 bits per heavy atom. The number of ketones is 1. The van der Waals surface area contributed by atoms with E-state index in [9.17, 15) is 9.18 Å². The van der Waals surface area contributed by atoms with Crippen LogP contribution < -0.4 is 0 Å². The van der Waals surface area contributed by atoms with E-state index in [1.165, 1.54) is 6.07 Å². The van der Waals surface area contributed by atoms with Gasteiger partial charge in [-0.1, -0.05) is 23.8 Å². The number of nitrogens with zero attached hydrogens (tertiary/aromatic N) is 1. The summed E-state index contributed by atoms with van der Waals surface area (Å²) in [4.78, 5) is 16.3. The Balaban J connectivity index is 1.90. The molecule has 0 bridgehead atoms. The van der Waals surface area contributed by atoms with Gasteiger partial charge in [0, 0.05) is 0 Å². The molecule has 2 aromatic carbocycles. The monoisotopic (exact) mass is 269 g/mol. The molecular weight excluding hydrogens is 257 g/mol. The summed E-state index contributed by atoms with van der Waals surface area (Å²) in [6.45, 7) is 1.82. The number of Topliss-reactive ketones (excluding diaryl/α,β-unsaturated/α-hetero) is 1. The molecular formula is C16H12FNO2. The first-order valence-electron chi connectivity index (χ1n) is 6.27. The smallest absolute Gasteiger partial charge is 0.203 e. The number of aryl methyl sites for hydroxylation is 1. The van der Waals surface area contributed by atoms with Crippen molar-refractivity contribution in [3.05, 3.63) is 65.3 Å². The average Bonchev–Trinajstić information content (AvgIpc) is 2.83. The zero-order valence-corrected chi connectivity index (χ0v) is 10.9. The Labute approximate surface area is 115 Å². The SMILES string of the molecule is Cc1ccc(F)c(C(=O)Cc2nc3ccccc3o2)c1. The van der Waals surface area contributed by atoms with Crippen molar-refractivity contribution >= 4 is 16.9 Å². The molecule has 4 heteroatoms. The maximum absolute atomic E-state index is 13.7. The van der Waals surface area contributed by atoms with Gasteiger partial charge in [0.1, 0.15) is 11.3 Å². The molecule has 0 saturated carbocycles. The second-order valence-corrected chi connectivity index (χ2v) is 4.66.